The van der Waals surface area contributed by atoms with Crippen LogP contribution in [0.2, 0.25) is 0 Å². The van der Waals surface area contributed by atoms with Gasteiger partial charge in [-0.15, -0.1) is 0 Å². The second-order valence-corrected chi connectivity index (χ2v) is 7.01. The molecule has 7 heteroatoms. The molecule has 0 unspecified atom stereocenters. The van der Waals surface area contributed by atoms with E-state index in [1.165, 1.54) is 6.07 Å². The SMILES string of the molecule is CC[C@@H](C)[C@H](NC(=O)Cn1nc(-c2cccc3ccccc23)ccc1=O)C(=O)O. The number of fused-ring (bicyclic) bond motifs is 1. The maximum absolute atomic E-state index is 12.4. The zero-order valence-electron chi connectivity index (χ0n) is 16.3. The summed E-state index contributed by atoms with van der Waals surface area (Å²) in [5, 5.41) is 18.2. The van der Waals surface area contributed by atoms with Crippen molar-refractivity contribution in [3.63, 3.8) is 0 Å². The molecule has 0 saturated heterocycles. The lowest BCUT2D eigenvalue weighted by molar-refractivity contribution is -0.143. The molecule has 0 aliphatic rings. The van der Waals surface area contributed by atoms with Gasteiger partial charge in [0.05, 0.1) is 5.69 Å². The Kier molecular flexibility index (Phi) is 6.07. The van der Waals surface area contributed by atoms with Crippen LogP contribution >= 0.6 is 0 Å². The summed E-state index contributed by atoms with van der Waals surface area (Å²) >= 11 is 0. The molecule has 0 bridgehead atoms. The Balaban J connectivity index is 1.89. The summed E-state index contributed by atoms with van der Waals surface area (Å²) in [6.07, 6.45) is 0.603. The minimum atomic E-state index is -1.10. The highest BCUT2D eigenvalue weighted by molar-refractivity contribution is 5.95. The minimum Gasteiger partial charge on any atom is -0.480 e. The minimum absolute atomic E-state index is 0.233. The van der Waals surface area contributed by atoms with Gasteiger partial charge < -0.3 is 10.4 Å². The van der Waals surface area contributed by atoms with Gasteiger partial charge in [0.25, 0.3) is 5.56 Å². The Labute approximate surface area is 168 Å². The first-order valence-corrected chi connectivity index (χ1v) is 9.49. The van der Waals surface area contributed by atoms with Gasteiger partial charge in [0.2, 0.25) is 5.91 Å². The molecule has 1 heterocycles. The lowest BCUT2D eigenvalue weighted by atomic mass is 9.99. The largest absolute Gasteiger partial charge is 0.480 e. The Bertz CT molecular complexity index is 1100. The van der Waals surface area contributed by atoms with Crippen LogP contribution in [0.3, 0.4) is 0 Å². The average molecular weight is 393 g/mol. The fourth-order valence-electron chi connectivity index (χ4n) is 3.19. The van der Waals surface area contributed by atoms with Gasteiger partial charge in [0.15, 0.2) is 0 Å². The van der Waals surface area contributed by atoms with Gasteiger partial charge in [-0.3, -0.25) is 9.59 Å². The fraction of sp³-hybridized carbons (Fsp3) is 0.273. The van der Waals surface area contributed by atoms with E-state index >= 15 is 0 Å². The van der Waals surface area contributed by atoms with E-state index < -0.39 is 23.5 Å². The van der Waals surface area contributed by atoms with Gasteiger partial charge in [-0.25, -0.2) is 9.48 Å². The Hall–Kier alpha value is -3.48. The zero-order valence-corrected chi connectivity index (χ0v) is 16.3. The summed E-state index contributed by atoms with van der Waals surface area (Å²) in [7, 11) is 0. The van der Waals surface area contributed by atoms with E-state index in [1.54, 1.807) is 13.0 Å². The third-order valence-corrected chi connectivity index (χ3v) is 5.02. The molecule has 7 nitrogen and oxygen atoms in total. The van der Waals surface area contributed by atoms with Crippen molar-refractivity contribution in [2.24, 2.45) is 5.92 Å². The number of carboxylic acids is 1. The molecular weight excluding hydrogens is 370 g/mol. The topological polar surface area (TPSA) is 101 Å². The van der Waals surface area contributed by atoms with E-state index in [9.17, 15) is 19.5 Å². The highest BCUT2D eigenvalue weighted by Crippen LogP contribution is 2.26. The maximum Gasteiger partial charge on any atom is 0.326 e. The number of amides is 1. The van der Waals surface area contributed by atoms with E-state index in [0.29, 0.717) is 12.1 Å². The molecule has 29 heavy (non-hydrogen) atoms. The Morgan fingerprint density at radius 1 is 1.10 bits per heavy atom. The van der Waals surface area contributed by atoms with Gasteiger partial charge in [0.1, 0.15) is 12.6 Å². The lowest BCUT2D eigenvalue weighted by Crippen LogP contribution is -2.47. The third kappa shape index (κ3) is 4.51. The van der Waals surface area contributed by atoms with Gasteiger partial charge in [-0.2, -0.15) is 5.10 Å². The number of nitrogens with zero attached hydrogens (tertiary/aromatic N) is 2. The number of nitrogens with one attached hydrogen (secondary N) is 1. The van der Waals surface area contributed by atoms with E-state index in [4.69, 9.17) is 0 Å². The first-order chi connectivity index (χ1) is 13.9. The quantitative estimate of drug-likeness (QED) is 0.643. The zero-order chi connectivity index (χ0) is 21.0. The van der Waals surface area contributed by atoms with Crippen LogP contribution in [0, 0.1) is 5.92 Å². The van der Waals surface area contributed by atoms with Crippen molar-refractivity contribution >= 4 is 22.6 Å². The van der Waals surface area contributed by atoms with Crippen LogP contribution in [0.1, 0.15) is 20.3 Å². The summed E-state index contributed by atoms with van der Waals surface area (Å²) in [6.45, 7) is 3.26. The maximum atomic E-state index is 12.4. The van der Waals surface area contributed by atoms with E-state index in [2.05, 4.69) is 10.4 Å². The predicted molar refractivity (Wildman–Crippen MR) is 110 cm³/mol. The van der Waals surface area contributed by atoms with Crippen LogP contribution in [0.4, 0.5) is 0 Å². The molecule has 3 rings (SSSR count). The number of aromatic nitrogens is 2. The highest BCUT2D eigenvalue weighted by atomic mass is 16.4. The van der Waals surface area contributed by atoms with Crippen molar-refractivity contribution in [3.8, 4) is 11.3 Å². The lowest BCUT2D eigenvalue weighted by Gasteiger charge is -2.20. The molecule has 1 aromatic heterocycles. The molecule has 0 fully saturated rings. The molecule has 2 aromatic carbocycles. The van der Waals surface area contributed by atoms with Crippen LogP contribution in [0.25, 0.3) is 22.0 Å². The van der Waals surface area contributed by atoms with Crippen LogP contribution in [-0.4, -0.2) is 32.8 Å². The highest BCUT2D eigenvalue weighted by Gasteiger charge is 2.25. The van der Waals surface area contributed by atoms with Crippen molar-refractivity contribution in [2.45, 2.75) is 32.9 Å². The molecule has 0 aliphatic carbocycles. The number of hydrogen-bond acceptors (Lipinski definition) is 4. The summed E-state index contributed by atoms with van der Waals surface area (Å²) in [4.78, 5) is 36.0. The van der Waals surface area contributed by atoms with Crippen molar-refractivity contribution in [1.29, 1.82) is 0 Å². The second kappa shape index (κ2) is 8.68. The molecule has 150 valence electrons. The molecule has 0 spiro atoms. The number of carboxylic acid groups (broad SMARTS) is 1. The van der Waals surface area contributed by atoms with Gasteiger partial charge >= 0.3 is 5.97 Å². The smallest absolute Gasteiger partial charge is 0.326 e. The third-order valence-electron chi connectivity index (χ3n) is 5.02. The van der Waals surface area contributed by atoms with Crippen LogP contribution in [0.15, 0.2) is 59.4 Å². The van der Waals surface area contributed by atoms with Gasteiger partial charge in [0, 0.05) is 11.6 Å². The normalized spacial score (nSPS) is 13.0. The van der Waals surface area contributed by atoms with Gasteiger partial charge in [-0.05, 0) is 22.8 Å². The monoisotopic (exact) mass is 393 g/mol. The Morgan fingerprint density at radius 3 is 2.55 bits per heavy atom. The molecule has 0 saturated carbocycles. The Morgan fingerprint density at radius 2 is 1.83 bits per heavy atom. The van der Waals surface area contributed by atoms with Gasteiger partial charge in [-0.1, -0.05) is 62.7 Å². The fourth-order valence-corrected chi connectivity index (χ4v) is 3.19. The second-order valence-electron chi connectivity index (χ2n) is 7.01. The number of benzene rings is 2. The number of hydrogen-bond donors (Lipinski definition) is 2. The molecule has 2 N–H and O–H groups in total. The van der Waals surface area contributed by atoms with E-state index in [-0.39, 0.29) is 12.5 Å². The molecule has 2 atom stereocenters. The van der Waals surface area contributed by atoms with E-state index in [1.807, 2.05) is 49.4 Å². The summed E-state index contributed by atoms with van der Waals surface area (Å²) in [6, 6.07) is 15.6. The molecule has 0 aliphatic heterocycles. The van der Waals surface area contributed by atoms with Crippen molar-refractivity contribution < 1.29 is 14.7 Å². The molecule has 0 radical (unpaired) electrons. The molecular formula is C22H23N3O4. The van der Waals surface area contributed by atoms with Crippen molar-refractivity contribution in [3.05, 3.63) is 65.0 Å². The van der Waals surface area contributed by atoms with Crippen LogP contribution < -0.4 is 10.9 Å². The first-order valence-electron chi connectivity index (χ1n) is 9.49. The van der Waals surface area contributed by atoms with Crippen LogP contribution in [-0.2, 0) is 16.1 Å². The van der Waals surface area contributed by atoms with Crippen molar-refractivity contribution in [1.82, 2.24) is 15.1 Å². The van der Waals surface area contributed by atoms with E-state index in [0.717, 1.165) is 21.0 Å². The number of carbonyl (C=O) groups is 2. The molecule has 3 aromatic rings. The number of carbonyl (C=O) groups excluding carboxylic acids is 1. The molecule has 1 amide bonds. The summed E-state index contributed by atoms with van der Waals surface area (Å²) < 4.78 is 1.06. The predicted octanol–water partition coefficient (Wildman–Crippen LogP) is 2.68. The summed E-state index contributed by atoms with van der Waals surface area (Å²) in [5.41, 5.74) is 0.978. The number of aliphatic carboxylic acids is 1. The standard InChI is InChI=1S/C22H23N3O4/c1-3-14(2)21(22(28)29)23-19(26)13-25-20(27)12-11-18(24-25)17-10-6-8-15-7-4-5-9-16(15)17/h4-12,14,21H,3,13H2,1-2H3,(H,23,26)(H,28,29)/t14-,21+/m1/s1. The van der Waals surface area contributed by atoms with Crippen LogP contribution in [0.5, 0.6) is 0 Å². The first kappa shape index (κ1) is 20.3. The number of rotatable bonds is 7. The van der Waals surface area contributed by atoms with Crippen molar-refractivity contribution in [2.75, 3.05) is 0 Å². The summed E-state index contributed by atoms with van der Waals surface area (Å²) in [5.74, 6) is -1.90. The average Bonchev–Trinajstić information content (AvgIpc) is 2.72.